The van der Waals surface area contributed by atoms with E-state index in [2.05, 4.69) is 31.4 Å². The zero-order chi connectivity index (χ0) is 8.97. The second-order valence-electron chi connectivity index (χ2n) is 2.78. The van der Waals surface area contributed by atoms with Gasteiger partial charge in [0, 0.05) is 10.8 Å². The molecule has 66 valence electrons. The summed E-state index contributed by atoms with van der Waals surface area (Å²) in [6, 6.07) is 2.19. The Morgan fingerprint density at radius 3 is 2.83 bits per heavy atom. The highest BCUT2D eigenvalue weighted by Crippen LogP contribution is 2.17. The van der Waals surface area contributed by atoms with E-state index in [1.807, 2.05) is 0 Å². The van der Waals surface area contributed by atoms with Gasteiger partial charge in [-0.05, 0) is 30.4 Å². The average molecular weight is 201 g/mol. The van der Waals surface area contributed by atoms with Gasteiger partial charge in [-0.15, -0.1) is 22.9 Å². The molecule has 0 nitrogen and oxygen atoms in total. The smallest absolute Gasteiger partial charge is 0.0436 e. The number of thiophene rings is 1. The van der Waals surface area contributed by atoms with Crippen LogP contribution < -0.4 is 0 Å². The number of alkyl halides is 1. The molecule has 0 amide bonds. The van der Waals surface area contributed by atoms with Gasteiger partial charge in [0.1, 0.15) is 0 Å². The number of halogens is 1. The zero-order valence-corrected chi connectivity index (χ0v) is 9.00. The Morgan fingerprint density at radius 1 is 1.67 bits per heavy atom. The van der Waals surface area contributed by atoms with Gasteiger partial charge in [-0.25, -0.2) is 0 Å². The van der Waals surface area contributed by atoms with Crippen LogP contribution in [-0.2, 0) is 0 Å². The van der Waals surface area contributed by atoms with Crippen LogP contribution in [0.1, 0.15) is 23.8 Å². The Morgan fingerprint density at radius 2 is 2.42 bits per heavy atom. The largest absolute Gasteiger partial charge is 0.149 e. The molecule has 1 aromatic heterocycles. The van der Waals surface area contributed by atoms with Crippen LogP contribution in [0.3, 0.4) is 0 Å². The van der Waals surface area contributed by atoms with E-state index in [1.54, 1.807) is 11.3 Å². The second kappa shape index (κ2) is 4.68. The van der Waals surface area contributed by atoms with Crippen LogP contribution in [0, 0.1) is 6.92 Å². The quantitative estimate of drug-likeness (QED) is 0.645. The fourth-order valence-electron chi connectivity index (χ4n) is 1.01. The van der Waals surface area contributed by atoms with Crippen LogP contribution in [0.25, 0.3) is 6.08 Å². The lowest BCUT2D eigenvalue weighted by atomic mass is 10.1. The Balaban J connectivity index is 2.78. The topological polar surface area (TPSA) is 0 Å². The summed E-state index contributed by atoms with van der Waals surface area (Å²) in [5, 5.41) is 2.16. The van der Waals surface area contributed by atoms with Crippen molar-refractivity contribution in [3.05, 3.63) is 27.5 Å². The molecule has 2 heteroatoms. The van der Waals surface area contributed by atoms with Crippen LogP contribution in [0.4, 0.5) is 0 Å². The second-order valence-corrected chi connectivity index (χ2v) is 4.16. The summed E-state index contributed by atoms with van der Waals surface area (Å²) >= 11 is 7.54. The molecule has 12 heavy (non-hydrogen) atoms. The molecular weight excluding hydrogens is 188 g/mol. The van der Waals surface area contributed by atoms with E-state index in [1.165, 1.54) is 16.0 Å². The van der Waals surface area contributed by atoms with Crippen LogP contribution in [0.5, 0.6) is 0 Å². The number of rotatable bonds is 3. The molecule has 0 fully saturated rings. The molecule has 0 unspecified atom stereocenters. The van der Waals surface area contributed by atoms with Gasteiger partial charge >= 0.3 is 0 Å². The fraction of sp³-hybridized carbons (Fsp3) is 0.400. The maximum absolute atomic E-state index is 5.76. The fourth-order valence-corrected chi connectivity index (χ4v) is 1.94. The minimum Gasteiger partial charge on any atom is -0.149 e. The monoisotopic (exact) mass is 200 g/mol. The minimum absolute atomic E-state index is 0.644. The van der Waals surface area contributed by atoms with Gasteiger partial charge in [-0.3, -0.25) is 0 Å². The van der Waals surface area contributed by atoms with Crippen LogP contribution in [-0.4, -0.2) is 5.88 Å². The van der Waals surface area contributed by atoms with Crippen LogP contribution >= 0.6 is 22.9 Å². The summed E-state index contributed by atoms with van der Waals surface area (Å²) in [6.45, 7) is 4.25. The molecule has 0 aromatic carbocycles. The van der Waals surface area contributed by atoms with Gasteiger partial charge in [0.15, 0.2) is 0 Å². The maximum Gasteiger partial charge on any atom is 0.0436 e. The first kappa shape index (κ1) is 9.82. The standard InChI is InChI=1S/C10H13ClS/c1-3-9(6-11)5-10-4-8(2)12-7-10/h4-5,7H,3,6H2,1-2H3/b9-5+. The highest BCUT2D eigenvalue weighted by molar-refractivity contribution is 7.10. The van der Waals surface area contributed by atoms with Crippen LogP contribution in [0.15, 0.2) is 17.0 Å². The SMILES string of the molecule is CC/C(=C\c1csc(C)c1)CCl. The van der Waals surface area contributed by atoms with E-state index in [-0.39, 0.29) is 0 Å². The molecule has 0 atom stereocenters. The van der Waals surface area contributed by atoms with Crippen molar-refractivity contribution in [3.8, 4) is 0 Å². The van der Waals surface area contributed by atoms with Crippen molar-refractivity contribution in [2.75, 3.05) is 5.88 Å². The lowest BCUT2D eigenvalue weighted by Gasteiger charge is -1.95. The molecule has 1 heterocycles. The molecule has 0 spiro atoms. The molecule has 0 aliphatic rings. The molecule has 0 N–H and O–H groups in total. The minimum atomic E-state index is 0.644. The van der Waals surface area contributed by atoms with Crippen molar-refractivity contribution < 1.29 is 0 Å². The van der Waals surface area contributed by atoms with Gasteiger partial charge in [-0.2, -0.15) is 0 Å². The first-order chi connectivity index (χ1) is 5.76. The Labute approximate surface area is 82.9 Å². The molecular formula is C10H13ClS. The van der Waals surface area contributed by atoms with Crippen molar-refractivity contribution in [2.24, 2.45) is 0 Å². The Bertz CT molecular complexity index is 267. The third-order valence-corrected chi connectivity index (χ3v) is 2.97. The van der Waals surface area contributed by atoms with E-state index < -0.39 is 0 Å². The normalized spacial score (nSPS) is 12.1. The van der Waals surface area contributed by atoms with Crippen molar-refractivity contribution in [2.45, 2.75) is 20.3 Å². The molecule has 1 rings (SSSR count). The van der Waals surface area contributed by atoms with Crippen molar-refractivity contribution >= 4 is 29.0 Å². The third-order valence-electron chi connectivity index (χ3n) is 1.75. The number of hydrogen-bond donors (Lipinski definition) is 0. The zero-order valence-electron chi connectivity index (χ0n) is 7.43. The lowest BCUT2D eigenvalue weighted by Crippen LogP contribution is -1.80. The van der Waals surface area contributed by atoms with E-state index in [0.717, 1.165) is 6.42 Å². The van der Waals surface area contributed by atoms with E-state index in [4.69, 9.17) is 11.6 Å². The van der Waals surface area contributed by atoms with Gasteiger partial charge in [-0.1, -0.05) is 18.6 Å². The maximum atomic E-state index is 5.76. The van der Waals surface area contributed by atoms with Gasteiger partial charge in [0.05, 0.1) is 0 Å². The number of aryl methyl sites for hydroxylation is 1. The summed E-state index contributed by atoms with van der Waals surface area (Å²) in [7, 11) is 0. The summed E-state index contributed by atoms with van der Waals surface area (Å²) < 4.78 is 0. The molecule has 0 bridgehead atoms. The summed E-state index contributed by atoms with van der Waals surface area (Å²) in [5.74, 6) is 0.644. The molecule has 0 radical (unpaired) electrons. The van der Waals surface area contributed by atoms with Crippen molar-refractivity contribution in [3.63, 3.8) is 0 Å². The van der Waals surface area contributed by atoms with Crippen LogP contribution in [0.2, 0.25) is 0 Å². The Hall–Kier alpha value is -0.270. The number of hydrogen-bond acceptors (Lipinski definition) is 1. The predicted molar refractivity (Wildman–Crippen MR) is 58.0 cm³/mol. The Kier molecular flexibility index (Phi) is 3.83. The predicted octanol–water partition coefficient (Wildman–Crippen LogP) is 4.09. The highest BCUT2D eigenvalue weighted by Gasteiger charge is 1.95. The van der Waals surface area contributed by atoms with E-state index in [0.29, 0.717) is 5.88 Å². The third kappa shape index (κ3) is 2.65. The van der Waals surface area contributed by atoms with Gasteiger partial charge < -0.3 is 0 Å². The lowest BCUT2D eigenvalue weighted by molar-refractivity contribution is 1.12. The summed E-state index contributed by atoms with van der Waals surface area (Å²) in [6.07, 6.45) is 3.22. The van der Waals surface area contributed by atoms with Crippen molar-refractivity contribution in [1.82, 2.24) is 0 Å². The van der Waals surface area contributed by atoms with Gasteiger partial charge in [0.25, 0.3) is 0 Å². The average Bonchev–Trinajstić information content (AvgIpc) is 2.47. The first-order valence-electron chi connectivity index (χ1n) is 4.06. The summed E-state index contributed by atoms with van der Waals surface area (Å²) in [4.78, 5) is 1.35. The number of allylic oxidation sites excluding steroid dienone is 1. The highest BCUT2D eigenvalue weighted by atomic mass is 35.5. The van der Waals surface area contributed by atoms with Gasteiger partial charge in [0.2, 0.25) is 0 Å². The van der Waals surface area contributed by atoms with E-state index in [9.17, 15) is 0 Å². The molecule has 0 aliphatic heterocycles. The molecule has 0 saturated carbocycles. The molecule has 1 aromatic rings. The molecule has 0 saturated heterocycles. The van der Waals surface area contributed by atoms with E-state index >= 15 is 0 Å². The summed E-state index contributed by atoms with van der Waals surface area (Å²) in [5.41, 5.74) is 2.59. The van der Waals surface area contributed by atoms with Crippen molar-refractivity contribution in [1.29, 1.82) is 0 Å². The first-order valence-corrected chi connectivity index (χ1v) is 5.48. The molecule has 0 aliphatic carbocycles.